The van der Waals surface area contributed by atoms with Crippen molar-refractivity contribution >= 4 is 11.6 Å². The minimum absolute atomic E-state index is 0.00556. The Morgan fingerprint density at radius 3 is 2.55 bits per heavy atom. The summed E-state index contributed by atoms with van der Waals surface area (Å²) >= 11 is 0. The number of aliphatic hydroxyl groups excluding tert-OH is 1. The lowest BCUT2D eigenvalue weighted by atomic mass is 10.0. The fourth-order valence-electron chi connectivity index (χ4n) is 4.63. The van der Waals surface area contributed by atoms with E-state index in [1.165, 1.54) is 6.07 Å². The van der Waals surface area contributed by atoms with Crippen LogP contribution in [0.25, 0.3) is 0 Å². The number of hydrogen-bond acceptors (Lipinski definition) is 4. The van der Waals surface area contributed by atoms with E-state index in [0.717, 1.165) is 6.42 Å². The molecule has 0 aliphatic carbocycles. The van der Waals surface area contributed by atoms with Gasteiger partial charge in [-0.15, -0.1) is 0 Å². The largest absolute Gasteiger partial charge is 0.385 e. The second kappa shape index (κ2) is 8.16. The highest BCUT2D eigenvalue weighted by molar-refractivity contribution is 5.96. The molecular formula is C22H29FN4O2. The van der Waals surface area contributed by atoms with Gasteiger partial charge >= 0.3 is 0 Å². The van der Waals surface area contributed by atoms with Crippen molar-refractivity contribution in [3.05, 3.63) is 53.6 Å². The fraction of sp³-hybridized carbons (Fsp3) is 0.500. The molecule has 2 unspecified atom stereocenters. The molecule has 0 radical (unpaired) electrons. The zero-order chi connectivity index (χ0) is 20.5. The van der Waals surface area contributed by atoms with Crippen LogP contribution < -0.4 is 4.90 Å². The van der Waals surface area contributed by atoms with Crippen LogP contribution in [0.2, 0.25) is 0 Å². The van der Waals surface area contributed by atoms with Crippen LogP contribution in [0.5, 0.6) is 0 Å². The normalized spacial score (nSPS) is 23.2. The predicted octanol–water partition coefficient (Wildman–Crippen LogP) is 2.25. The van der Waals surface area contributed by atoms with Gasteiger partial charge in [-0.3, -0.25) is 9.69 Å². The first kappa shape index (κ1) is 19.9. The van der Waals surface area contributed by atoms with Gasteiger partial charge in [-0.2, -0.15) is 0 Å². The van der Waals surface area contributed by atoms with Crippen molar-refractivity contribution in [2.24, 2.45) is 7.05 Å². The van der Waals surface area contributed by atoms with E-state index in [4.69, 9.17) is 0 Å². The molecule has 4 rings (SSSR count). The van der Waals surface area contributed by atoms with Crippen molar-refractivity contribution in [1.29, 1.82) is 0 Å². The van der Waals surface area contributed by atoms with Gasteiger partial charge in [0, 0.05) is 52.5 Å². The molecular weight excluding hydrogens is 371 g/mol. The molecule has 1 N–H and O–H groups in total. The lowest BCUT2D eigenvalue weighted by Gasteiger charge is -2.42. The molecule has 0 spiro atoms. The molecule has 3 heterocycles. The molecule has 2 atom stereocenters. The van der Waals surface area contributed by atoms with Crippen molar-refractivity contribution in [3.63, 3.8) is 0 Å². The van der Waals surface area contributed by atoms with Crippen LogP contribution in [0, 0.1) is 5.82 Å². The first-order chi connectivity index (χ1) is 14.0. The van der Waals surface area contributed by atoms with Gasteiger partial charge in [-0.05, 0) is 24.6 Å². The number of aromatic nitrogens is 1. The van der Waals surface area contributed by atoms with Crippen LogP contribution >= 0.6 is 0 Å². The summed E-state index contributed by atoms with van der Waals surface area (Å²) in [5, 5.41) is 11.2. The summed E-state index contributed by atoms with van der Waals surface area (Å²) in [6.07, 6.45) is 1.97. The maximum atomic E-state index is 14.2. The number of halogens is 1. The van der Waals surface area contributed by atoms with Gasteiger partial charge < -0.3 is 19.5 Å². The highest BCUT2D eigenvalue weighted by atomic mass is 19.1. The monoisotopic (exact) mass is 400 g/mol. The number of piperazine rings is 1. The van der Waals surface area contributed by atoms with Crippen LogP contribution in [0.1, 0.15) is 35.5 Å². The molecule has 1 fully saturated rings. The first-order valence-corrected chi connectivity index (χ1v) is 10.4. The van der Waals surface area contributed by atoms with Gasteiger partial charge in [-0.1, -0.05) is 19.1 Å². The van der Waals surface area contributed by atoms with Gasteiger partial charge in [0.2, 0.25) is 0 Å². The van der Waals surface area contributed by atoms with Crippen molar-refractivity contribution < 1.29 is 14.3 Å². The van der Waals surface area contributed by atoms with E-state index >= 15 is 0 Å². The quantitative estimate of drug-likeness (QED) is 0.855. The average molecular weight is 400 g/mol. The number of aliphatic hydroxyl groups is 1. The summed E-state index contributed by atoms with van der Waals surface area (Å²) in [7, 11) is 1.87. The number of anilines is 1. The van der Waals surface area contributed by atoms with Crippen LogP contribution in [-0.2, 0) is 7.05 Å². The lowest BCUT2D eigenvalue weighted by molar-refractivity contribution is 0.0247. The molecule has 1 aromatic carbocycles. The number of aryl methyl sites for hydroxylation is 1. The Morgan fingerprint density at radius 2 is 1.86 bits per heavy atom. The van der Waals surface area contributed by atoms with Crippen molar-refractivity contribution in [2.75, 3.05) is 44.2 Å². The second-order valence-corrected chi connectivity index (χ2v) is 7.96. The SMILES string of the molecule is CCCN1CC(N2CCN(c3ccccc3F)CC2)C(O)c2c(ccn2C)C1=O. The lowest BCUT2D eigenvalue weighted by Crippen LogP contribution is -2.55. The van der Waals surface area contributed by atoms with E-state index in [1.54, 1.807) is 6.07 Å². The topological polar surface area (TPSA) is 52.0 Å². The Kier molecular flexibility index (Phi) is 5.61. The number of hydrogen-bond donors (Lipinski definition) is 1. The van der Waals surface area contributed by atoms with Gasteiger partial charge in [0.05, 0.1) is 23.0 Å². The zero-order valence-corrected chi connectivity index (χ0v) is 17.1. The molecule has 2 aromatic rings. The first-order valence-electron chi connectivity index (χ1n) is 10.4. The molecule has 0 bridgehead atoms. The molecule has 1 saturated heterocycles. The molecule has 29 heavy (non-hydrogen) atoms. The Bertz CT molecular complexity index is 875. The van der Waals surface area contributed by atoms with E-state index in [1.807, 2.05) is 40.9 Å². The standard InChI is InChI=1S/C22H29FN4O2/c1-3-9-27-15-19(21(28)20-16(22(27)29)8-10-24(20)2)26-13-11-25(12-14-26)18-7-5-4-6-17(18)23/h4-8,10,19,21,28H,3,9,11-15H2,1-2H3. The minimum Gasteiger partial charge on any atom is -0.385 e. The number of carbonyl (C=O) groups excluding carboxylic acids is 1. The van der Waals surface area contributed by atoms with Crippen molar-refractivity contribution in [3.8, 4) is 0 Å². The molecule has 7 heteroatoms. The fourth-order valence-corrected chi connectivity index (χ4v) is 4.63. The predicted molar refractivity (Wildman–Crippen MR) is 111 cm³/mol. The maximum Gasteiger partial charge on any atom is 0.255 e. The third-order valence-electron chi connectivity index (χ3n) is 6.16. The zero-order valence-electron chi connectivity index (χ0n) is 17.1. The summed E-state index contributed by atoms with van der Waals surface area (Å²) in [5.74, 6) is -0.211. The van der Waals surface area contributed by atoms with Gasteiger partial charge in [-0.25, -0.2) is 4.39 Å². The van der Waals surface area contributed by atoms with Crippen LogP contribution in [-0.4, -0.2) is 70.7 Å². The number of nitrogens with zero attached hydrogens (tertiary/aromatic N) is 4. The number of amides is 1. The van der Waals surface area contributed by atoms with Gasteiger partial charge in [0.25, 0.3) is 5.91 Å². The van der Waals surface area contributed by atoms with E-state index in [2.05, 4.69) is 16.7 Å². The Morgan fingerprint density at radius 1 is 1.14 bits per heavy atom. The van der Waals surface area contributed by atoms with Gasteiger partial charge in [0.15, 0.2) is 0 Å². The van der Waals surface area contributed by atoms with Crippen molar-refractivity contribution in [1.82, 2.24) is 14.4 Å². The second-order valence-electron chi connectivity index (χ2n) is 7.96. The maximum absolute atomic E-state index is 14.2. The van der Waals surface area contributed by atoms with Crippen LogP contribution in [0.4, 0.5) is 10.1 Å². The molecule has 156 valence electrons. The number of para-hydroxylation sites is 1. The molecule has 6 nitrogen and oxygen atoms in total. The van der Waals surface area contributed by atoms with E-state index in [-0.39, 0.29) is 17.8 Å². The van der Waals surface area contributed by atoms with Crippen LogP contribution in [0.15, 0.2) is 36.5 Å². The van der Waals surface area contributed by atoms with Gasteiger partial charge in [0.1, 0.15) is 11.9 Å². The summed E-state index contributed by atoms with van der Waals surface area (Å²) in [6, 6.07) is 8.48. The number of carbonyl (C=O) groups is 1. The summed E-state index contributed by atoms with van der Waals surface area (Å²) in [4.78, 5) is 19.2. The third-order valence-corrected chi connectivity index (χ3v) is 6.16. The Labute approximate surface area is 171 Å². The highest BCUT2D eigenvalue weighted by Gasteiger charge is 2.39. The summed E-state index contributed by atoms with van der Waals surface area (Å²) in [6.45, 7) is 6.03. The Balaban J connectivity index is 1.55. The molecule has 2 aliphatic heterocycles. The van der Waals surface area contributed by atoms with Crippen LogP contribution in [0.3, 0.4) is 0 Å². The van der Waals surface area contributed by atoms with Crippen molar-refractivity contribution in [2.45, 2.75) is 25.5 Å². The van der Waals surface area contributed by atoms with E-state index < -0.39 is 6.10 Å². The average Bonchev–Trinajstić information content (AvgIpc) is 3.07. The van der Waals surface area contributed by atoms with E-state index in [0.29, 0.717) is 56.2 Å². The third kappa shape index (κ3) is 3.65. The molecule has 1 aromatic heterocycles. The Hall–Kier alpha value is -2.38. The summed E-state index contributed by atoms with van der Waals surface area (Å²) in [5.41, 5.74) is 1.91. The smallest absolute Gasteiger partial charge is 0.255 e. The summed E-state index contributed by atoms with van der Waals surface area (Å²) < 4.78 is 16.0. The number of rotatable bonds is 4. The number of fused-ring (bicyclic) bond motifs is 1. The highest BCUT2D eigenvalue weighted by Crippen LogP contribution is 2.31. The number of benzene rings is 1. The molecule has 2 aliphatic rings. The molecule has 1 amide bonds. The van der Waals surface area contributed by atoms with E-state index in [9.17, 15) is 14.3 Å². The minimum atomic E-state index is -0.740. The molecule has 0 saturated carbocycles.